The van der Waals surface area contributed by atoms with Crippen molar-refractivity contribution in [1.29, 1.82) is 0 Å². The molecule has 16 heavy (non-hydrogen) atoms. The number of methoxy groups -OCH3 is 2. The molecule has 0 radical (unpaired) electrons. The summed E-state index contributed by atoms with van der Waals surface area (Å²) in [4.78, 5) is 2.46. The van der Waals surface area contributed by atoms with Gasteiger partial charge in [-0.15, -0.1) is 0 Å². The van der Waals surface area contributed by atoms with E-state index in [1.807, 2.05) is 0 Å². The third-order valence-corrected chi connectivity index (χ3v) is 3.82. The molecule has 0 aromatic heterocycles. The highest BCUT2D eigenvalue weighted by Crippen LogP contribution is 2.34. The van der Waals surface area contributed by atoms with Crippen LogP contribution in [0.3, 0.4) is 0 Å². The molecule has 2 N–H and O–H groups in total. The molecular weight excluding hydrogens is 204 g/mol. The molecule has 4 nitrogen and oxygen atoms in total. The standard InChI is InChI=1S/C12H26N2O2/c1-10(16-4)12(2,9-13)14(7-8-15-3)11-5-6-11/h10-11H,5-9,13H2,1-4H3. The van der Waals surface area contributed by atoms with Crippen molar-refractivity contribution in [3.8, 4) is 0 Å². The zero-order valence-electron chi connectivity index (χ0n) is 11.0. The van der Waals surface area contributed by atoms with E-state index in [0.29, 0.717) is 12.6 Å². The summed E-state index contributed by atoms with van der Waals surface area (Å²) in [5, 5.41) is 0. The van der Waals surface area contributed by atoms with Gasteiger partial charge in [0.25, 0.3) is 0 Å². The predicted molar refractivity (Wildman–Crippen MR) is 65.5 cm³/mol. The van der Waals surface area contributed by atoms with Gasteiger partial charge in [0.1, 0.15) is 0 Å². The molecule has 1 saturated carbocycles. The van der Waals surface area contributed by atoms with Crippen LogP contribution in [0, 0.1) is 0 Å². The first kappa shape index (κ1) is 13.9. The van der Waals surface area contributed by atoms with Crippen LogP contribution < -0.4 is 5.73 Å². The molecular formula is C12H26N2O2. The topological polar surface area (TPSA) is 47.7 Å². The van der Waals surface area contributed by atoms with Gasteiger partial charge >= 0.3 is 0 Å². The van der Waals surface area contributed by atoms with Gasteiger partial charge in [0.2, 0.25) is 0 Å². The van der Waals surface area contributed by atoms with Gasteiger partial charge in [-0.05, 0) is 26.7 Å². The lowest BCUT2D eigenvalue weighted by molar-refractivity contribution is -0.0431. The van der Waals surface area contributed by atoms with Crippen molar-refractivity contribution in [3.63, 3.8) is 0 Å². The van der Waals surface area contributed by atoms with Gasteiger partial charge in [-0.2, -0.15) is 0 Å². The monoisotopic (exact) mass is 230 g/mol. The number of nitrogens with two attached hydrogens (primary N) is 1. The number of hydrogen-bond acceptors (Lipinski definition) is 4. The van der Waals surface area contributed by atoms with Crippen molar-refractivity contribution in [2.45, 2.75) is 44.4 Å². The van der Waals surface area contributed by atoms with Crippen molar-refractivity contribution in [2.24, 2.45) is 5.73 Å². The molecule has 1 aliphatic rings. The number of ether oxygens (including phenoxy) is 2. The van der Waals surface area contributed by atoms with E-state index < -0.39 is 0 Å². The van der Waals surface area contributed by atoms with E-state index in [1.54, 1.807) is 14.2 Å². The average Bonchev–Trinajstić information content (AvgIpc) is 3.12. The lowest BCUT2D eigenvalue weighted by Crippen LogP contribution is -2.60. The highest BCUT2D eigenvalue weighted by atomic mass is 16.5. The zero-order chi connectivity index (χ0) is 12.2. The van der Waals surface area contributed by atoms with Gasteiger partial charge < -0.3 is 15.2 Å². The van der Waals surface area contributed by atoms with E-state index in [0.717, 1.165) is 13.2 Å². The number of rotatable bonds is 8. The summed E-state index contributed by atoms with van der Waals surface area (Å²) in [5.41, 5.74) is 5.87. The largest absolute Gasteiger partial charge is 0.383 e. The highest BCUT2D eigenvalue weighted by molar-refractivity contribution is 5.00. The Hall–Kier alpha value is -0.160. The van der Waals surface area contributed by atoms with Gasteiger partial charge in [0.05, 0.1) is 18.2 Å². The maximum atomic E-state index is 5.96. The van der Waals surface area contributed by atoms with Gasteiger partial charge in [0, 0.05) is 33.4 Å². The van der Waals surface area contributed by atoms with Crippen LogP contribution in [0.4, 0.5) is 0 Å². The van der Waals surface area contributed by atoms with Crippen LogP contribution in [0.5, 0.6) is 0 Å². The van der Waals surface area contributed by atoms with Gasteiger partial charge in [-0.25, -0.2) is 0 Å². The smallest absolute Gasteiger partial charge is 0.0736 e. The Morgan fingerprint density at radius 3 is 2.44 bits per heavy atom. The molecule has 1 rings (SSSR count). The molecule has 2 atom stereocenters. The molecule has 4 heteroatoms. The van der Waals surface area contributed by atoms with E-state index in [-0.39, 0.29) is 11.6 Å². The Morgan fingerprint density at radius 1 is 1.44 bits per heavy atom. The normalized spacial score (nSPS) is 22.1. The van der Waals surface area contributed by atoms with Crippen LogP contribution in [-0.4, -0.2) is 56.5 Å². The Balaban J connectivity index is 2.71. The molecule has 0 heterocycles. The second-order valence-electron chi connectivity index (χ2n) is 4.86. The molecule has 1 fully saturated rings. The summed E-state index contributed by atoms with van der Waals surface area (Å²) in [6.45, 7) is 6.58. The van der Waals surface area contributed by atoms with E-state index in [1.165, 1.54) is 12.8 Å². The van der Waals surface area contributed by atoms with Crippen molar-refractivity contribution < 1.29 is 9.47 Å². The second-order valence-corrected chi connectivity index (χ2v) is 4.86. The molecule has 96 valence electrons. The van der Waals surface area contributed by atoms with E-state index in [9.17, 15) is 0 Å². The molecule has 0 aliphatic heterocycles. The van der Waals surface area contributed by atoms with Crippen molar-refractivity contribution >= 4 is 0 Å². The van der Waals surface area contributed by atoms with Crippen LogP contribution in [0.25, 0.3) is 0 Å². The van der Waals surface area contributed by atoms with Crippen molar-refractivity contribution in [1.82, 2.24) is 4.90 Å². The molecule has 0 bridgehead atoms. The Bertz CT molecular complexity index is 209. The summed E-state index contributed by atoms with van der Waals surface area (Å²) in [6.07, 6.45) is 2.68. The van der Waals surface area contributed by atoms with Gasteiger partial charge in [-0.1, -0.05) is 0 Å². The fourth-order valence-electron chi connectivity index (χ4n) is 2.20. The van der Waals surface area contributed by atoms with E-state index >= 15 is 0 Å². The molecule has 0 saturated heterocycles. The van der Waals surface area contributed by atoms with Crippen LogP contribution >= 0.6 is 0 Å². The molecule has 0 aromatic rings. The van der Waals surface area contributed by atoms with Gasteiger partial charge in [-0.3, -0.25) is 4.90 Å². The maximum absolute atomic E-state index is 5.96. The third-order valence-electron chi connectivity index (χ3n) is 3.82. The maximum Gasteiger partial charge on any atom is 0.0736 e. The lowest BCUT2D eigenvalue weighted by atomic mass is 9.93. The fraction of sp³-hybridized carbons (Fsp3) is 1.00. The molecule has 0 aromatic carbocycles. The van der Waals surface area contributed by atoms with Crippen LogP contribution in [0.1, 0.15) is 26.7 Å². The second kappa shape index (κ2) is 5.96. The van der Waals surface area contributed by atoms with Crippen molar-refractivity contribution in [2.75, 3.05) is 33.9 Å². The summed E-state index contributed by atoms with van der Waals surface area (Å²) in [6, 6.07) is 0.668. The molecule has 2 unspecified atom stereocenters. The van der Waals surface area contributed by atoms with Crippen LogP contribution in [0.2, 0.25) is 0 Å². The first-order valence-electron chi connectivity index (χ1n) is 6.08. The minimum absolute atomic E-state index is 0.0888. The van der Waals surface area contributed by atoms with E-state index in [4.69, 9.17) is 15.2 Å². The van der Waals surface area contributed by atoms with Gasteiger partial charge in [0.15, 0.2) is 0 Å². The SMILES string of the molecule is COCCN(C1CC1)C(C)(CN)C(C)OC. The molecule has 1 aliphatic carbocycles. The number of nitrogens with zero attached hydrogens (tertiary/aromatic N) is 1. The molecule has 0 spiro atoms. The van der Waals surface area contributed by atoms with Crippen molar-refractivity contribution in [3.05, 3.63) is 0 Å². The minimum Gasteiger partial charge on any atom is -0.383 e. The highest BCUT2D eigenvalue weighted by Gasteiger charge is 2.43. The Labute approximate surface area is 99.1 Å². The zero-order valence-corrected chi connectivity index (χ0v) is 11.0. The predicted octanol–water partition coefficient (Wildman–Crippen LogP) is 0.850. The first-order chi connectivity index (χ1) is 7.60. The molecule has 0 amide bonds. The van der Waals surface area contributed by atoms with E-state index in [2.05, 4.69) is 18.7 Å². The summed E-state index contributed by atoms with van der Waals surface area (Å²) < 4.78 is 10.7. The van der Waals surface area contributed by atoms with Crippen LogP contribution in [0.15, 0.2) is 0 Å². The quantitative estimate of drug-likeness (QED) is 0.671. The average molecular weight is 230 g/mol. The summed E-state index contributed by atoms with van der Waals surface area (Å²) >= 11 is 0. The Kier molecular flexibility index (Phi) is 5.18. The fourth-order valence-corrected chi connectivity index (χ4v) is 2.20. The lowest BCUT2D eigenvalue weighted by Gasteiger charge is -2.44. The Morgan fingerprint density at radius 2 is 2.06 bits per heavy atom. The number of hydrogen-bond donors (Lipinski definition) is 1. The third kappa shape index (κ3) is 2.94. The van der Waals surface area contributed by atoms with Crippen LogP contribution in [-0.2, 0) is 9.47 Å². The summed E-state index contributed by atoms with van der Waals surface area (Å²) in [7, 11) is 3.49. The summed E-state index contributed by atoms with van der Waals surface area (Å²) in [5.74, 6) is 0. The first-order valence-corrected chi connectivity index (χ1v) is 6.08. The minimum atomic E-state index is -0.0888.